The number of piperidine rings is 1. The number of fused-ring (bicyclic) bond motifs is 3. The molecule has 0 atom stereocenters. The van der Waals surface area contributed by atoms with Gasteiger partial charge in [-0.05, 0) is 35.9 Å². The van der Waals surface area contributed by atoms with Crippen molar-refractivity contribution in [2.75, 3.05) is 18.0 Å². The van der Waals surface area contributed by atoms with Crippen LogP contribution in [0.25, 0.3) is 16.7 Å². The zero-order chi connectivity index (χ0) is 23.9. The highest BCUT2D eigenvalue weighted by Gasteiger charge is 2.38. The highest BCUT2D eigenvalue weighted by Crippen LogP contribution is 2.34. The number of rotatable bonds is 4. The first kappa shape index (κ1) is 22.7. The maximum absolute atomic E-state index is 13.6. The molecular weight excluding hydrogens is 492 g/mol. The Hall–Kier alpha value is -3.11. The Labute approximate surface area is 201 Å². The first-order chi connectivity index (χ1) is 16.3. The van der Waals surface area contributed by atoms with Crippen LogP contribution < -0.4 is 4.90 Å². The largest absolute Gasteiger partial charge is 0.452 e. The van der Waals surface area contributed by atoms with Crippen LogP contribution in [0.4, 0.5) is 19.0 Å². The molecule has 2 aromatic carbocycles. The molecule has 12 heteroatoms. The van der Waals surface area contributed by atoms with Gasteiger partial charge in [0.1, 0.15) is 6.61 Å². The third-order valence-corrected chi connectivity index (χ3v) is 5.99. The van der Waals surface area contributed by atoms with Crippen LogP contribution in [-0.4, -0.2) is 38.4 Å². The highest BCUT2D eigenvalue weighted by molar-refractivity contribution is 6.31. The van der Waals surface area contributed by atoms with Crippen LogP contribution in [0.5, 0.6) is 0 Å². The summed E-state index contributed by atoms with van der Waals surface area (Å²) in [5, 5.41) is 12.4. The minimum Gasteiger partial charge on any atom is -0.391 e. The quantitative estimate of drug-likeness (QED) is 0.327. The molecular formula is C22H17Cl2F3N6O. The van der Waals surface area contributed by atoms with E-state index in [-0.39, 0.29) is 11.2 Å². The van der Waals surface area contributed by atoms with E-state index in [4.69, 9.17) is 28.0 Å². The summed E-state index contributed by atoms with van der Waals surface area (Å²) >= 11 is 11.9. The lowest BCUT2D eigenvalue weighted by Crippen LogP contribution is -2.35. The molecule has 3 heterocycles. The Kier molecular flexibility index (Phi) is 5.95. The van der Waals surface area contributed by atoms with Crippen molar-refractivity contribution >= 4 is 51.4 Å². The van der Waals surface area contributed by atoms with Crippen LogP contribution in [0.2, 0.25) is 10.0 Å². The molecule has 0 bridgehead atoms. The summed E-state index contributed by atoms with van der Waals surface area (Å²) in [4.78, 5) is 11.9. The molecule has 0 saturated carbocycles. The van der Waals surface area contributed by atoms with Crippen molar-refractivity contribution in [2.24, 2.45) is 5.16 Å². The van der Waals surface area contributed by atoms with Gasteiger partial charge in [-0.2, -0.15) is 13.2 Å². The van der Waals surface area contributed by atoms with Crippen LogP contribution in [-0.2, 0) is 17.6 Å². The number of aromatic nitrogens is 4. The maximum Gasteiger partial charge on any atom is 0.452 e. The molecule has 1 fully saturated rings. The number of hydrogen-bond acceptors (Lipinski definition) is 6. The van der Waals surface area contributed by atoms with Gasteiger partial charge < -0.3 is 9.74 Å². The van der Waals surface area contributed by atoms with Gasteiger partial charge in [-0.1, -0.05) is 40.5 Å². The zero-order valence-electron chi connectivity index (χ0n) is 17.6. The van der Waals surface area contributed by atoms with E-state index in [0.29, 0.717) is 53.9 Å². The van der Waals surface area contributed by atoms with Crippen molar-refractivity contribution in [2.45, 2.75) is 25.6 Å². The molecule has 2 aromatic heterocycles. The van der Waals surface area contributed by atoms with E-state index in [1.807, 2.05) is 17.0 Å². The molecule has 1 aliphatic heterocycles. The normalized spacial score (nSPS) is 14.7. The van der Waals surface area contributed by atoms with E-state index in [2.05, 4.69) is 20.3 Å². The fourth-order valence-electron chi connectivity index (χ4n) is 3.83. The summed E-state index contributed by atoms with van der Waals surface area (Å²) in [6.45, 7) is 1.32. The SMILES string of the molecule is FC(F)(F)c1nnc2c(N3CCC(=NOCc4ccc(Cl)cc4)CC3)nc3ccc(Cl)cc3n12. The van der Waals surface area contributed by atoms with Crippen molar-refractivity contribution in [3.05, 3.63) is 63.9 Å². The fraction of sp³-hybridized carbons (Fsp3) is 0.273. The number of alkyl halides is 3. The lowest BCUT2D eigenvalue weighted by atomic mass is 10.1. The summed E-state index contributed by atoms with van der Waals surface area (Å²) in [6.07, 6.45) is -3.53. The molecule has 4 aromatic rings. The van der Waals surface area contributed by atoms with Gasteiger partial charge in [-0.3, -0.25) is 4.40 Å². The topological polar surface area (TPSA) is 67.9 Å². The Bertz CT molecular complexity index is 1380. The Balaban J connectivity index is 1.39. The number of nitrogens with zero attached hydrogens (tertiary/aromatic N) is 6. The second-order valence-electron chi connectivity index (χ2n) is 7.79. The lowest BCUT2D eigenvalue weighted by molar-refractivity contribution is -0.145. The molecule has 7 nitrogen and oxygen atoms in total. The lowest BCUT2D eigenvalue weighted by Gasteiger charge is -2.28. The van der Waals surface area contributed by atoms with E-state index < -0.39 is 12.0 Å². The van der Waals surface area contributed by atoms with Crippen molar-refractivity contribution in [3.63, 3.8) is 0 Å². The van der Waals surface area contributed by atoms with Gasteiger partial charge in [0.15, 0.2) is 5.82 Å². The monoisotopic (exact) mass is 508 g/mol. The number of hydrogen-bond donors (Lipinski definition) is 0. The van der Waals surface area contributed by atoms with Gasteiger partial charge in [-0.15, -0.1) is 10.2 Å². The van der Waals surface area contributed by atoms with Gasteiger partial charge in [0.2, 0.25) is 11.5 Å². The molecule has 0 radical (unpaired) electrons. The van der Waals surface area contributed by atoms with Crippen LogP contribution in [0.15, 0.2) is 47.6 Å². The summed E-state index contributed by atoms with van der Waals surface area (Å²) in [6, 6.07) is 11.9. The zero-order valence-corrected chi connectivity index (χ0v) is 19.1. The minimum absolute atomic E-state index is 0.0291. The van der Waals surface area contributed by atoms with Gasteiger partial charge in [0.05, 0.1) is 16.7 Å². The standard InChI is InChI=1S/C22H17Cl2F3N6O/c23-14-3-1-13(2-4-14)12-34-31-16-7-9-32(10-8-16)19-20-29-30-21(22(25,26)27)33(20)18-11-15(24)5-6-17(18)28-19/h1-6,11H,7-10,12H2. The average Bonchev–Trinajstić information content (AvgIpc) is 3.27. The van der Waals surface area contributed by atoms with E-state index in [0.717, 1.165) is 15.7 Å². The number of anilines is 1. The first-order valence-corrected chi connectivity index (χ1v) is 11.1. The Morgan fingerprint density at radius 1 is 0.971 bits per heavy atom. The van der Waals surface area contributed by atoms with Gasteiger partial charge in [-0.25, -0.2) is 4.98 Å². The van der Waals surface area contributed by atoms with Crippen LogP contribution >= 0.6 is 23.2 Å². The maximum atomic E-state index is 13.6. The summed E-state index contributed by atoms with van der Waals surface area (Å²) < 4.78 is 41.9. The van der Waals surface area contributed by atoms with Crippen molar-refractivity contribution in [1.29, 1.82) is 0 Å². The van der Waals surface area contributed by atoms with Crippen molar-refractivity contribution < 1.29 is 18.0 Å². The third kappa shape index (κ3) is 4.47. The summed E-state index contributed by atoms with van der Waals surface area (Å²) in [7, 11) is 0. The minimum atomic E-state index is -4.68. The molecule has 1 aliphatic rings. The van der Waals surface area contributed by atoms with Crippen LogP contribution in [0.1, 0.15) is 24.2 Å². The number of halogens is 5. The van der Waals surface area contributed by atoms with E-state index >= 15 is 0 Å². The molecule has 0 unspecified atom stereocenters. The van der Waals surface area contributed by atoms with Gasteiger partial charge in [0.25, 0.3) is 0 Å². The number of oxime groups is 1. The molecule has 0 amide bonds. The molecule has 0 spiro atoms. The third-order valence-electron chi connectivity index (χ3n) is 5.50. The van der Waals surface area contributed by atoms with E-state index in [1.54, 1.807) is 24.3 Å². The predicted molar refractivity (Wildman–Crippen MR) is 123 cm³/mol. The molecule has 176 valence electrons. The number of benzene rings is 2. The van der Waals surface area contributed by atoms with E-state index in [9.17, 15) is 13.2 Å². The predicted octanol–water partition coefficient (Wildman–Crippen LogP) is 5.78. The Morgan fingerprint density at radius 3 is 2.38 bits per heavy atom. The van der Waals surface area contributed by atoms with Crippen LogP contribution in [0, 0.1) is 0 Å². The second kappa shape index (κ2) is 8.92. The summed E-state index contributed by atoms with van der Waals surface area (Å²) in [5.74, 6) is -0.785. The molecule has 34 heavy (non-hydrogen) atoms. The molecule has 1 saturated heterocycles. The van der Waals surface area contributed by atoms with E-state index in [1.165, 1.54) is 6.07 Å². The molecule has 0 aliphatic carbocycles. The van der Waals surface area contributed by atoms with Crippen LogP contribution in [0.3, 0.4) is 0 Å². The highest BCUT2D eigenvalue weighted by atomic mass is 35.5. The van der Waals surface area contributed by atoms with Gasteiger partial charge in [0, 0.05) is 36.0 Å². The van der Waals surface area contributed by atoms with Crippen molar-refractivity contribution in [3.8, 4) is 0 Å². The van der Waals surface area contributed by atoms with Crippen molar-refractivity contribution in [1.82, 2.24) is 19.6 Å². The fourth-order valence-corrected chi connectivity index (χ4v) is 4.13. The smallest absolute Gasteiger partial charge is 0.391 e. The Morgan fingerprint density at radius 2 is 1.68 bits per heavy atom. The second-order valence-corrected chi connectivity index (χ2v) is 8.67. The summed E-state index contributed by atoms with van der Waals surface area (Å²) in [5.41, 5.74) is 2.40. The molecule has 0 N–H and O–H groups in total. The molecule has 5 rings (SSSR count). The first-order valence-electron chi connectivity index (χ1n) is 10.4. The average molecular weight is 509 g/mol. The van der Waals surface area contributed by atoms with Gasteiger partial charge >= 0.3 is 6.18 Å².